The average molecular weight is 335 g/mol. The van der Waals surface area contributed by atoms with Crippen LogP contribution < -0.4 is 0 Å². The Labute approximate surface area is 147 Å². The molecule has 2 aromatic heterocycles. The van der Waals surface area contributed by atoms with Crippen molar-refractivity contribution >= 4 is 5.91 Å². The van der Waals surface area contributed by atoms with Crippen LogP contribution in [0.25, 0.3) is 11.5 Å². The number of aromatic nitrogens is 2. The molecule has 0 unspecified atom stereocenters. The summed E-state index contributed by atoms with van der Waals surface area (Å²) in [7, 11) is 1.80. The quantitative estimate of drug-likeness (QED) is 0.699. The highest BCUT2D eigenvalue weighted by Gasteiger charge is 2.26. The predicted octanol–water partition coefficient (Wildman–Crippen LogP) is 4.27. The maximum Gasteiger partial charge on any atom is 0.276 e. The summed E-state index contributed by atoms with van der Waals surface area (Å²) in [6, 6.07) is 13.4. The molecule has 0 saturated heterocycles. The third-order valence-electron chi connectivity index (χ3n) is 4.29. The van der Waals surface area contributed by atoms with Gasteiger partial charge in [-0.1, -0.05) is 25.1 Å². The van der Waals surface area contributed by atoms with Crippen LogP contribution in [-0.4, -0.2) is 27.8 Å². The molecule has 0 spiro atoms. The Morgan fingerprint density at radius 2 is 1.84 bits per heavy atom. The minimum Gasteiger partial charge on any atom is -0.441 e. The number of carbonyl (C=O) groups is 1. The largest absolute Gasteiger partial charge is 0.441 e. The molecule has 128 valence electrons. The lowest BCUT2D eigenvalue weighted by molar-refractivity contribution is 0.0719. The van der Waals surface area contributed by atoms with Crippen LogP contribution >= 0.6 is 0 Å². The van der Waals surface area contributed by atoms with Crippen LogP contribution in [0.5, 0.6) is 0 Å². The summed E-state index contributed by atoms with van der Waals surface area (Å²) in [5.41, 5.74) is 2.26. The highest BCUT2D eigenvalue weighted by Crippen LogP contribution is 2.27. The van der Waals surface area contributed by atoms with Gasteiger partial charge in [0.15, 0.2) is 5.69 Å². The molecule has 3 aromatic rings. The molecule has 0 aliphatic carbocycles. The van der Waals surface area contributed by atoms with E-state index in [-0.39, 0.29) is 11.9 Å². The molecule has 3 rings (SSSR count). The van der Waals surface area contributed by atoms with Gasteiger partial charge in [-0.2, -0.15) is 0 Å². The van der Waals surface area contributed by atoms with E-state index in [9.17, 15) is 4.79 Å². The first kappa shape index (κ1) is 16.9. The second-order valence-corrected chi connectivity index (χ2v) is 5.91. The summed E-state index contributed by atoms with van der Waals surface area (Å²) in [6.07, 6.45) is 4.28. The van der Waals surface area contributed by atoms with Gasteiger partial charge in [0.05, 0.1) is 6.04 Å². The topological polar surface area (TPSA) is 59.2 Å². The zero-order chi connectivity index (χ0) is 17.8. The number of rotatable bonds is 5. The molecular formula is C20H21N3O2. The van der Waals surface area contributed by atoms with E-state index < -0.39 is 0 Å². The molecule has 0 saturated carbocycles. The van der Waals surface area contributed by atoms with Crippen molar-refractivity contribution in [3.8, 4) is 11.5 Å². The number of aryl methyl sites for hydroxylation is 1. The SMILES string of the molecule is CC[C@@H](c1ccncc1)N(C)C(=O)c1nc(-c2ccccc2)oc1C. The van der Waals surface area contributed by atoms with Crippen molar-refractivity contribution in [2.75, 3.05) is 7.05 Å². The molecule has 0 fully saturated rings. The fraction of sp³-hybridized carbons (Fsp3) is 0.250. The highest BCUT2D eigenvalue weighted by atomic mass is 16.4. The van der Waals surface area contributed by atoms with Gasteiger partial charge in [-0.25, -0.2) is 4.98 Å². The summed E-state index contributed by atoms with van der Waals surface area (Å²) >= 11 is 0. The maximum absolute atomic E-state index is 13.0. The summed E-state index contributed by atoms with van der Waals surface area (Å²) in [6.45, 7) is 3.83. The lowest BCUT2D eigenvalue weighted by atomic mass is 10.0. The number of nitrogens with zero attached hydrogens (tertiary/aromatic N) is 3. The smallest absolute Gasteiger partial charge is 0.276 e. The highest BCUT2D eigenvalue weighted by molar-refractivity contribution is 5.93. The molecule has 5 heteroatoms. The van der Waals surface area contributed by atoms with E-state index in [2.05, 4.69) is 16.9 Å². The Bertz CT molecular complexity index is 844. The summed E-state index contributed by atoms with van der Waals surface area (Å²) in [5.74, 6) is 0.846. The standard InChI is InChI=1S/C20H21N3O2/c1-4-17(15-10-12-21-13-11-15)23(3)20(24)18-14(2)25-19(22-18)16-8-6-5-7-9-16/h5-13,17H,4H2,1-3H3/t17-/m0/s1. The molecule has 2 heterocycles. The van der Waals surface area contributed by atoms with Crippen molar-refractivity contribution in [2.24, 2.45) is 0 Å². The molecule has 1 amide bonds. The zero-order valence-corrected chi connectivity index (χ0v) is 14.6. The molecule has 1 aromatic carbocycles. The van der Waals surface area contributed by atoms with E-state index in [1.165, 1.54) is 0 Å². The first-order chi connectivity index (χ1) is 12.1. The Morgan fingerprint density at radius 3 is 2.48 bits per heavy atom. The Hall–Kier alpha value is -2.95. The predicted molar refractivity (Wildman–Crippen MR) is 96.0 cm³/mol. The van der Waals surface area contributed by atoms with Crippen LogP contribution in [0, 0.1) is 6.92 Å². The van der Waals surface area contributed by atoms with Crippen molar-refractivity contribution in [1.82, 2.24) is 14.9 Å². The summed E-state index contributed by atoms with van der Waals surface area (Å²) < 4.78 is 5.72. The van der Waals surface area contributed by atoms with Gasteiger partial charge < -0.3 is 9.32 Å². The number of amides is 1. The van der Waals surface area contributed by atoms with E-state index in [0.717, 1.165) is 17.5 Å². The van der Waals surface area contributed by atoms with Gasteiger partial charge in [0.2, 0.25) is 5.89 Å². The van der Waals surface area contributed by atoms with Crippen LogP contribution in [0.1, 0.15) is 41.2 Å². The number of benzene rings is 1. The minimum absolute atomic E-state index is 0.0354. The number of hydrogen-bond donors (Lipinski definition) is 0. The van der Waals surface area contributed by atoms with E-state index in [0.29, 0.717) is 17.3 Å². The van der Waals surface area contributed by atoms with Crippen molar-refractivity contribution in [2.45, 2.75) is 26.3 Å². The zero-order valence-electron chi connectivity index (χ0n) is 14.6. The molecule has 1 atom stereocenters. The third kappa shape index (κ3) is 3.45. The van der Waals surface area contributed by atoms with Crippen LogP contribution in [0.4, 0.5) is 0 Å². The molecule has 5 nitrogen and oxygen atoms in total. The molecule has 0 N–H and O–H groups in total. The Morgan fingerprint density at radius 1 is 1.16 bits per heavy atom. The average Bonchev–Trinajstić information content (AvgIpc) is 3.05. The van der Waals surface area contributed by atoms with E-state index in [4.69, 9.17) is 4.42 Å². The third-order valence-corrected chi connectivity index (χ3v) is 4.29. The minimum atomic E-state index is -0.146. The van der Waals surface area contributed by atoms with Gasteiger partial charge in [0.1, 0.15) is 5.76 Å². The van der Waals surface area contributed by atoms with Gasteiger partial charge in [-0.15, -0.1) is 0 Å². The van der Waals surface area contributed by atoms with E-state index in [1.807, 2.05) is 42.5 Å². The first-order valence-electron chi connectivity index (χ1n) is 8.31. The molecule has 0 aliphatic heterocycles. The van der Waals surface area contributed by atoms with Gasteiger partial charge in [0, 0.05) is 25.0 Å². The van der Waals surface area contributed by atoms with Crippen LogP contribution in [0.3, 0.4) is 0 Å². The number of pyridine rings is 1. The lowest BCUT2D eigenvalue weighted by Gasteiger charge is -2.27. The molecule has 0 radical (unpaired) electrons. The summed E-state index contributed by atoms with van der Waals surface area (Å²) in [5, 5.41) is 0. The normalized spacial score (nSPS) is 12.0. The van der Waals surface area contributed by atoms with E-state index in [1.54, 1.807) is 31.3 Å². The number of oxazole rings is 1. The first-order valence-corrected chi connectivity index (χ1v) is 8.31. The van der Waals surface area contributed by atoms with Crippen LogP contribution in [0.2, 0.25) is 0 Å². The molecule has 0 bridgehead atoms. The van der Waals surface area contributed by atoms with E-state index >= 15 is 0 Å². The fourth-order valence-electron chi connectivity index (χ4n) is 2.93. The molecule has 0 aliphatic rings. The molecule has 25 heavy (non-hydrogen) atoms. The van der Waals surface area contributed by atoms with Crippen molar-refractivity contribution in [1.29, 1.82) is 0 Å². The molecular weight excluding hydrogens is 314 g/mol. The summed E-state index contributed by atoms with van der Waals surface area (Å²) in [4.78, 5) is 23.2. The second-order valence-electron chi connectivity index (χ2n) is 5.91. The van der Waals surface area contributed by atoms with Crippen molar-refractivity contribution < 1.29 is 9.21 Å². The van der Waals surface area contributed by atoms with Crippen LogP contribution in [0.15, 0.2) is 59.3 Å². The lowest BCUT2D eigenvalue weighted by Crippen LogP contribution is -2.31. The Kier molecular flexibility index (Phi) is 4.93. The second kappa shape index (κ2) is 7.30. The fourth-order valence-corrected chi connectivity index (χ4v) is 2.93. The van der Waals surface area contributed by atoms with Crippen molar-refractivity contribution in [3.63, 3.8) is 0 Å². The van der Waals surface area contributed by atoms with Gasteiger partial charge in [-0.3, -0.25) is 9.78 Å². The Balaban J connectivity index is 1.89. The maximum atomic E-state index is 13.0. The number of carbonyl (C=O) groups excluding carboxylic acids is 1. The monoisotopic (exact) mass is 335 g/mol. The van der Waals surface area contributed by atoms with Crippen LogP contribution in [-0.2, 0) is 0 Å². The van der Waals surface area contributed by atoms with Gasteiger partial charge in [-0.05, 0) is 43.2 Å². The van der Waals surface area contributed by atoms with Gasteiger partial charge in [0.25, 0.3) is 5.91 Å². The van der Waals surface area contributed by atoms with Crippen molar-refractivity contribution in [3.05, 3.63) is 71.9 Å². The number of hydrogen-bond acceptors (Lipinski definition) is 4. The van der Waals surface area contributed by atoms with Gasteiger partial charge >= 0.3 is 0 Å².